The summed E-state index contributed by atoms with van der Waals surface area (Å²) < 4.78 is 12.9. The Balaban J connectivity index is 1.59. The number of hydrogen-bond donors (Lipinski definition) is 1. The summed E-state index contributed by atoms with van der Waals surface area (Å²) in [6.45, 7) is 5.68. The summed E-state index contributed by atoms with van der Waals surface area (Å²) in [7, 11) is 0. The van der Waals surface area contributed by atoms with Gasteiger partial charge in [-0.25, -0.2) is 4.39 Å². The third-order valence-electron chi connectivity index (χ3n) is 4.58. The summed E-state index contributed by atoms with van der Waals surface area (Å²) in [5.74, 6) is 0.324. The Morgan fingerprint density at radius 2 is 1.95 bits per heavy atom. The molecule has 2 nitrogen and oxygen atoms in total. The minimum Gasteiger partial charge on any atom is -0.310 e. The lowest BCUT2D eigenvalue weighted by molar-refractivity contribution is 0.247. The molecule has 3 unspecified atom stereocenters. The summed E-state index contributed by atoms with van der Waals surface area (Å²) in [6, 6.07) is 8.41. The fraction of sp³-hybridized carbons (Fsp3) is 0.625. The number of hydrogen-bond acceptors (Lipinski definition) is 2. The van der Waals surface area contributed by atoms with Crippen LogP contribution in [-0.2, 0) is 0 Å². The van der Waals surface area contributed by atoms with Gasteiger partial charge in [-0.1, -0.05) is 19.1 Å². The standard InChI is InChI=1S/C16H23FN2/c1-12(13-2-4-14(17)5-3-13)10-19-9-8-15-6-7-16(11-19)18-15/h2-5,12,15-16,18H,6-11H2,1H3. The highest BCUT2D eigenvalue weighted by atomic mass is 19.1. The Labute approximate surface area is 115 Å². The van der Waals surface area contributed by atoms with Crippen molar-refractivity contribution in [2.24, 2.45) is 0 Å². The average Bonchev–Trinajstić information content (AvgIpc) is 2.73. The molecule has 3 heteroatoms. The highest BCUT2D eigenvalue weighted by Gasteiger charge is 2.29. The molecule has 2 saturated heterocycles. The second-order valence-electron chi connectivity index (χ2n) is 6.14. The number of fused-ring (bicyclic) bond motifs is 2. The van der Waals surface area contributed by atoms with Gasteiger partial charge in [0.05, 0.1) is 0 Å². The van der Waals surface area contributed by atoms with Crippen LogP contribution in [0.1, 0.15) is 37.7 Å². The Morgan fingerprint density at radius 1 is 1.21 bits per heavy atom. The van der Waals surface area contributed by atoms with Gasteiger partial charge in [-0.3, -0.25) is 0 Å². The highest BCUT2D eigenvalue weighted by molar-refractivity contribution is 5.20. The number of likely N-dealkylation sites (tertiary alicyclic amines) is 1. The maximum Gasteiger partial charge on any atom is 0.123 e. The fourth-order valence-electron chi connectivity index (χ4n) is 3.47. The maximum atomic E-state index is 12.9. The summed E-state index contributed by atoms with van der Waals surface area (Å²) in [4.78, 5) is 2.57. The van der Waals surface area contributed by atoms with Crippen LogP contribution in [0.15, 0.2) is 24.3 Å². The van der Waals surface area contributed by atoms with Crippen LogP contribution in [0, 0.1) is 5.82 Å². The topological polar surface area (TPSA) is 15.3 Å². The van der Waals surface area contributed by atoms with Crippen LogP contribution in [0.25, 0.3) is 0 Å². The molecule has 0 radical (unpaired) electrons. The molecule has 3 rings (SSSR count). The van der Waals surface area contributed by atoms with E-state index in [1.807, 2.05) is 12.1 Å². The van der Waals surface area contributed by atoms with Gasteiger partial charge in [0.25, 0.3) is 0 Å². The first-order valence-electron chi connectivity index (χ1n) is 7.44. The molecule has 3 atom stereocenters. The van der Waals surface area contributed by atoms with E-state index in [1.165, 1.54) is 37.9 Å². The molecule has 2 bridgehead atoms. The monoisotopic (exact) mass is 262 g/mol. The quantitative estimate of drug-likeness (QED) is 0.901. The molecule has 2 heterocycles. The molecule has 1 aromatic rings. The molecule has 2 aliphatic rings. The minimum atomic E-state index is -0.146. The van der Waals surface area contributed by atoms with Crippen molar-refractivity contribution >= 4 is 0 Å². The summed E-state index contributed by atoms with van der Waals surface area (Å²) in [5, 5.41) is 3.71. The van der Waals surface area contributed by atoms with Crippen molar-refractivity contribution in [1.29, 1.82) is 0 Å². The second-order valence-corrected chi connectivity index (χ2v) is 6.14. The van der Waals surface area contributed by atoms with E-state index >= 15 is 0 Å². The lowest BCUT2D eigenvalue weighted by atomic mass is 9.99. The van der Waals surface area contributed by atoms with Gasteiger partial charge in [-0.05, 0) is 49.4 Å². The zero-order valence-corrected chi connectivity index (χ0v) is 11.6. The van der Waals surface area contributed by atoms with Gasteiger partial charge in [0, 0.05) is 25.2 Å². The van der Waals surface area contributed by atoms with Gasteiger partial charge in [-0.15, -0.1) is 0 Å². The van der Waals surface area contributed by atoms with Crippen molar-refractivity contribution in [2.75, 3.05) is 19.6 Å². The van der Waals surface area contributed by atoms with E-state index in [4.69, 9.17) is 0 Å². The SMILES string of the molecule is CC(CN1CCC2CCC(C1)N2)c1ccc(F)cc1. The first-order valence-corrected chi connectivity index (χ1v) is 7.44. The predicted octanol–water partition coefficient (Wildman–Crippen LogP) is 2.76. The number of halogens is 1. The molecule has 0 aromatic heterocycles. The lowest BCUT2D eigenvalue weighted by Gasteiger charge is -2.27. The Bertz CT molecular complexity index is 417. The average molecular weight is 262 g/mol. The number of nitrogens with zero attached hydrogens (tertiary/aromatic N) is 1. The van der Waals surface area contributed by atoms with E-state index in [2.05, 4.69) is 17.1 Å². The maximum absolute atomic E-state index is 12.9. The second kappa shape index (κ2) is 5.59. The van der Waals surface area contributed by atoms with E-state index in [-0.39, 0.29) is 5.82 Å². The van der Waals surface area contributed by atoms with E-state index < -0.39 is 0 Å². The third-order valence-corrected chi connectivity index (χ3v) is 4.58. The van der Waals surface area contributed by atoms with Crippen molar-refractivity contribution < 1.29 is 4.39 Å². The first kappa shape index (κ1) is 13.1. The highest BCUT2D eigenvalue weighted by Crippen LogP contribution is 2.23. The summed E-state index contributed by atoms with van der Waals surface area (Å²) in [6.07, 6.45) is 3.95. The summed E-state index contributed by atoms with van der Waals surface area (Å²) >= 11 is 0. The van der Waals surface area contributed by atoms with Crippen LogP contribution in [0.5, 0.6) is 0 Å². The van der Waals surface area contributed by atoms with Gasteiger partial charge in [0.1, 0.15) is 5.82 Å². The molecular formula is C16H23FN2. The van der Waals surface area contributed by atoms with E-state index in [0.29, 0.717) is 12.0 Å². The van der Waals surface area contributed by atoms with E-state index in [1.54, 1.807) is 12.1 Å². The predicted molar refractivity (Wildman–Crippen MR) is 75.8 cm³/mol. The molecule has 19 heavy (non-hydrogen) atoms. The summed E-state index contributed by atoms with van der Waals surface area (Å²) in [5.41, 5.74) is 1.24. The van der Waals surface area contributed by atoms with Gasteiger partial charge in [-0.2, -0.15) is 0 Å². The van der Waals surface area contributed by atoms with Crippen molar-refractivity contribution in [2.45, 2.75) is 44.2 Å². The van der Waals surface area contributed by atoms with Crippen LogP contribution < -0.4 is 5.32 Å². The van der Waals surface area contributed by atoms with Gasteiger partial charge in [0.2, 0.25) is 0 Å². The Hall–Kier alpha value is -0.930. The van der Waals surface area contributed by atoms with Crippen LogP contribution in [-0.4, -0.2) is 36.6 Å². The number of nitrogens with one attached hydrogen (secondary N) is 1. The van der Waals surface area contributed by atoms with Crippen molar-refractivity contribution in [3.05, 3.63) is 35.6 Å². The lowest BCUT2D eigenvalue weighted by Crippen LogP contribution is -2.37. The van der Waals surface area contributed by atoms with Gasteiger partial charge < -0.3 is 10.2 Å². The van der Waals surface area contributed by atoms with E-state index in [0.717, 1.165) is 12.6 Å². The molecule has 0 aliphatic carbocycles. The molecule has 2 fully saturated rings. The molecule has 104 valence electrons. The molecule has 0 spiro atoms. The minimum absolute atomic E-state index is 0.146. The zero-order valence-electron chi connectivity index (χ0n) is 11.6. The van der Waals surface area contributed by atoms with Crippen LogP contribution in [0.3, 0.4) is 0 Å². The van der Waals surface area contributed by atoms with Gasteiger partial charge >= 0.3 is 0 Å². The van der Waals surface area contributed by atoms with Crippen LogP contribution >= 0.6 is 0 Å². The van der Waals surface area contributed by atoms with Crippen LogP contribution in [0.4, 0.5) is 4.39 Å². The third kappa shape index (κ3) is 3.15. The molecule has 0 saturated carbocycles. The number of benzene rings is 1. The molecular weight excluding hydrogens is 239 g/mol. The van der Waals surface area contributed by atoms with E-state index in [9.17, 15) is 4.39 Å². The molecule has 2 aliphatic heterocycles. The van der Waals surface area contributed by atoms with Gasteiger partial charge in [0.15, 0.2) is 0 Å². The first-order chi connectivity index (χ1) is 9.20. The van der Waals surface area contributed by atoms with Crippen molar-refractivity contribution in [3.8, 4) is 0 Å². The van der Waals surface area contributed by atoms with Crippen molar-refractivity contribution in [3.63, 3.8) is 0 Å². The Morgan fingerprint density at radius 3 is 2.74 bits per heavy atom. The normalized spacial score (nSPS) is 29.2. The number of rotatable bonds is 3. The zero-order chi connectivity index (χ0) is 13.2. The largest absolute Gasteiger partial charge is 0.310 e. The molecule has 0 amide bonds. The fourth-order valence-corrected chi connectivity index (χ4v) is 3.47. The molecule has 1 N–H and O–H groups in total. The smallest absolute Gasteiger partial charge is 0.123 e. The van der Waals surface area contributed by atoms with Crippen LogP contribution in [0.2, 0.25) is 0 Å². The Kier molecular flexibility index (Phi) is 3.85. The molecule has 1 aromatic carbocycles. The van der Waals surface area contributed by atoms with Crippen molar-refractivity contribution in [1.82, 2.24) is 10.2 Å².